The van der Waals surface area contributed by atoms with Gasteiger partial charge in [-0.25, -0.2) is 8.42 Å². The van der Waals surface area contributed by atoms with E-state index in [4.69, 9.17) is 0 Å². The van der Waals surface area contributed by atoms with E-state index in [2.05, 4.69) is 14.7 Å². The Morgan fingerprint density at radius 2 is 1.62 bits per heavy atom. The number of sulfonamides is 1. The average Bonchev–Trinajstić information content (AvgIpc) is 2.55. The van der Waals surface area contributed by atoms with Gasteiger partial charge in [-0.1, -0.05) is 25.1 Å². The van der Waals surface area contributed by atoms with Crippen LogP contribution in [0.15, 0.2) is 56.9 Å². The van der Waals surface area contributed by atoms with E-state index < -0.39 is 21.1 Å². The van der Waals surface area contributed by atoms with Gasteiger partial charge in [-0.05, 0) is 36.2 Å². The maximum atomic E-state index is 12.6. The lowest BCUT2D eigenvalue weighted by atomic mass is 10.1. The van der Waals surface area contributed by atoms with Gasteiger partial charge in [0.2, 0.25) is 0 Å². The van der Waals surface area contributed by atoms with Crippen LogP contribution in [0.1, 0.15) is 12.5 Å². The zero-order valence-electron chi connectivity index (χ0n) is 12.8. The first-order valence-corrected chi connectivity index (χ1v) is 8.76. The molecule has 124 valence electrons. The van der Waals surface area contributed by atoms with Crippen LogP contribution in [-0.4, -0.2) is 18.4 Å². The lowest BCUT2D eigenvalue weighted by Crippen LogP contribution is -2.29. The minimum Gasteiger partial charge on any atom is -0.316 e. The third-order valence-corrected chi connectivity index (χ3v) is 5.01. The van der Waals surface area contributed by atoms with Gasteiger partial charge >= 0.3 is 11.1 Å². The van der Waals surface area contributed by atoms with Gasteiger partial charge in [-0.15, -0.1) is 0 Å². The Balaban J connectivity index is 2.06. The molecule has 3 aromatic rings. The van der Waals surface area contributed by atoms with Crippen molar-refractivity contribution in [1.29, 1.82) is 0 Å². The van der Waals surface area contributed by atoms with Crippen LogP contribution in [0.25, 0.3) is 11.0 Å². The van der Waals surface area contributed by atoms with Crippen molar-refractivity contribution in [2.45, 2.75) is 18.2 Å². The summed E-state index contributed by atoms with van der Waals surface area (Å²) < 4.78 is 27.7. The van der Waals surface area contributed by atoms with E-state index in [1.807, 2.05) is 19.1 Å². The number of para-hydroxylation sites is 1. The molecule has 0 saturated carbocycles. The van der Waals surface area contributed by atoms with Gasteiger partial charge < -0.3 is 9.97 Å². The molecule has 0 radical (unpaired) electrons. The molecule has 1 heterocycles. The fourth-order valence-electron chi connectivity index (χ4n) is 2.39. The van der Waals surface area contributed by atoms with Crippen LogP contribution in [0, 0.1) is 0 Å². The number of aromatic nitrogens is 2. The maximum Gasteiger partial charge on any atom is 0.314 e. The number of rotatable bonds is 4. The average molecular weight is 345 g/mol. The Bertz CT molecular complexity index is 1130. The molecule has 0 aliphatic heterocycles. The Labute approximate surface area is 137 Å². The molecule has 0 bridgehead atoms. The first kappa shape index (κ1) is 16.0. The van der Waals surface area contributed by atoms with E-state index >= 15 is 0 Å². The van der Waals surface area contributed by atoms with Crippen LogP contribution >= 0.6 is 0 Å². The second-order valence-electron chi connectivity index (χ2n) is 5.23. The van der Waals surface area contributed by atoms with Crippen LogP contribution < -0.4 is 15.8 Å². The van der Waals surface area contributed by atoms with Crippen molar-refractivity contribution in [2.24, 2.45) is 0 Å². The second-order valence-corrected chi connectivity index (χ2v) is 6.91. The van der Waals surface area contributed by atoms with Crippen molar-refractivity contribution in [1.82, 2.24) is 9.97 Å². The number of benzene rings is 2. The van der Waals surface area contributed by atoms with E-state index in [1.165, 1.54) is 18.2 Å². The van der Waals surface area contributed by atoms with Crippen LogP contribution in [0.5, 0.6) is 0 Å². The summed E-state index contributed by atoms with van der Waals surface area (Å²) in [5.41, 5.74) is 0.364. The standard InChI is InChI=1S/C16H15N3O4S/c1-2-10-5-3-4-6-12(10)19-24(22,23)11-7-8-13-14(9-11)18-16(21)15(20)17-13/h3-9,19H,2H2,1H3,(H,17,20)(H,18,21). The van der Waals surface area contributed by atoms with Gasteiger partial charge in [0, 0.05) is 0 Å². The molecule has 1 aromatic heterocycles. The normalized spacial score (nSPS) is 11.5. The van der Waals surface area contributed by atoms with Crippen molar-refractivity contribution < 1.29 is 8.42 Å². The van der Waals surface area contributed by atoms with Crippen molar-refractivity contribution in [3.63, 3.8) is 0 Å². The predicted octanol–water partition coefficient (Wildman–Crippen LogP) is 1.58. The highest BCUT2D eigenvalue weighted by atomic mass is 32.2. The number of hydrogen-bond donors (Lipinski definition) is 3. The molecular weight excluding hydrogens is 330 g/mol. The monoisotopic (exact) mass is 345 g/mol. The highest BCUT2D eigenvalue weighted by Gasteiger charge is 2.16. The third kappa shape index (κ3) is 2.95. The maximum absolute atomic E-state index is 12.6. The number of hydrogen-bond acceptors (Lipinski definition) is 4. The lowest BCUT2D eigenvalue weighted by molar-refractivity contribution is 0.601. The second kappa shape index (κ2) is 5.97. The fraction of sp³-hybridized carbons (Fsp3) is 0.125. The molecule has 0 amide bonds. The summed E-state index contributed by atoms with van der Waals surface area (Å²) in [7, 11) is -3.82. The molecule has 0 saturated heterocycles. The molecule has 2 aromatic carbocycles. The van der Waals surface area contributed by atoms with E-state index in [9.17, 15) is 18.0 Å². The first-order valence-electron chi connectivity index (χ1n) is 7.28. The molecule has 0 aliphatic rings. The Morgan fingerprint density at radius 3 is 2.33 bits per heavy atom. The number of anilines is 1. The highest BCUT2D eigenvalue weighted by Crippen LogP contribution is 2.21. The van der Waals surface area contributed by atoms with Crippen LogP contribution in [0.2, 0.25) is 0 Å². The first-order chi connectivity index (χ1) is 11.4. The summed E-state index contributed by atoms with van der Waals surface area (Å²) in [6.45, 7) is 1.93. The minimum absolute atomic E-state index is 0.0106. The molecule has 3 N–H and O–H groups in total. The van der Waals surface area contributed by atoms with Gasteiger partial charge in [0.25, 0.3) is 10.0 Å². The van der Waals surface area contributed by atoms with Crippen molar-refractivity contribution in [2.75, 3.05) is 4.72 Å². The molecule has 24 heavy (non-hydrogen) atoms. The summed E-state index contributed by atoms with van der Waals surface area (Å²) in [5.74, 6) is 0. The zero-order valence-corrected chi connectivity index (χ0v) is 13.6. The molecule has 3 rings (SSSR count). The highest BCUT2D eigenvalue weighted by molar-refractivity contribution is 7.92. The summed E-state index contributed by atoms with van der Waals surface area (Å²) in [6.07, 6.45) is 0.685. The van der Waals surface area contributed by atoms with Crippen LogP contribution in [-0.2, 0) is 16.4 Å². The number of aryl methyl sites for hydroxylation is 1. The lowest BCUT2D eigenvalue weighted by Gasteiger charge is -2.12. The molecule has 0 aliphatic carbocycles. The molecule has 0 spiro atoms. The largest absolute Gasteiger partial charge is 0.316 e. The van der Waals surface area contributed by atoms with E-state index in [-0.39, 0.29) is 10.4 Å². The van der Waals surface area contributed by atoms with E-state index in [0.29, 0.717) is 17.6 Å². The van der Waals surface area contributed by atoms with Crippen molar-refractivity contribution in [3.05, 3.63) is 68.7 Å². The number of fused-ring (bicyclic) bond motifs is 1. The van der Waals surface area contributed by atoms with E-state index in [1.54, 1.807) is 12.1 Å². The van der Waals surface area contributed by atoms with Gasteiger partial charge in [-0.3, -0.25) is 14.3 Å². The smallest absolute Gasteiger partial charge is 0.314 e. The summed E-state index contributed by atoms with van der Waals surface area (Å²) in [5, 5.41) is 0. The number of H-pyrrole nitrogens is 2. The van der Waals surface area contributed by atoms with Crippen LogP contribution in [0.3, 0.4) is 0 Å². The molecule has 0 atom stereocenters. The predicted molar refractivity (Wildman–Crippen MR) is 91.8 cm³/mol. The van der Waals surface area contributed by atoms with Gasteiger partial charge in [-0.2, -0.15) is 0 Å². The molecular formula is C16H15N3O4S. The SMILES string of the molecule is CCc1ccccc1NS(=O)(=O)c1ccc2[nH]c(=O)c(=O)[nH]c2c1. The number of aromatic amines is 2. The van der Waals surface area contributed by atoms with Crippen molar-refractivity contribution >= 4 is 26.7 Å². The summed E-state index contributed by atoms with van der Waals surface area (Å²) >= 11 is 0. The molecule has 0 fully saturated rings. The third-order valence-electron chi connectivity index (χ3n) is 3.65. The topological polar surface area (TPSA) is 112 Å². The van der Waals surface area contributed by atoms with E-state index in [0.717, 1.165) is 5.56 Å². The quantitative estimate of drug-likeness (QED) is 0.623. The summed E-state index contributed by atoms with van der Waals surface area (Å²) in [6, 6.07) is 11.2. The van der Waals surface area contributed by atoms with Gasteiger partial charge in [0.05, 0.1) is 21.6 Å². The minimum atomic E-state index is -3.82. The Kier molecular flexibility index (Phi) is 3.98. The van der Waals surface area contributed by atoms with Gasteiger partial charge in [0.15, 0.2) is 0 Å². The Morgan fingerprint density at radius 1 is 0.958 bits per heavy atom. The van der Waals surface area contributed by atoms with Crippen LogP contribution in [0.4, 0.5) is 5.69 Å². The van der Waals surface area contributed by atoms with Crippen molar-refractivity contribution in [3.8, 4) is 0 Å². The number of nitrogens with one attached hydrogen (secondary N) is 3. The molecule has 0 unspecified atom stereocenters. The Hall–Kier alpha value is -2.87. The fourth-order valence-corrected chi connectivity index (χ4v) is 3.52. The summed E-state index contributed by atoms with van der Waals surface area (Å²) in [4.78, 5) is 27.4. The molecule has 8 heteroatoms. The van der Waals surface area contributed by atoms with Gasteiger partial charge in [0.1, 0.15) is 0 Å². The zero-order chi connectivity index (χ0) is 17.3. The molecule has 7 nitrogen and oxygen atoms in total.